The van der Waals surface area contributed by atoms with Gasteiger partial charge in [0.1, 0.15) is 0 Å². The predicted octanol–water partition coefficient (Wildman–Crippen LogP) is 10.0. The molecule has 0 aromatic carbocycles. The normalized spacial score (nSPS) is 21.2. The highest BCUT2D eigenvalue weighted by atomic mass is 14.9. The first-order valence-corrected chi connectivity index (χ1v) is 12.9. The van der Waals surface area contributed by atoms with Crippen LogP contribution in [0, 0.1) is 11.8 Å². The van der Waals surface area contributed by atoms with Gasteiger partial charge in [0.15, 0.2) is 0 Å². The predicted molar refractivity (Wildman–Crippen MR) is 143 cm³/mol. The number of rotatable bonds is 4. The van der Waals surface area contributed by atoms with Crippen molar-refractivity contribution in [2.24, 2.45) is 11.8 Å². The van der Waals surface area contributed by atoms with E-state index in [1.807, 2.05) is 41.5 Å². The van der Waals surface area contributed by atoms with Crippen LogP contribution >= 0.6 is 0 Å². The van der Waals surface area contributed by atoms with Crippen molar-refractivity contribution in [3.8, 4) is 0 Å². The van der Waals surface area contributed by atoms with E-state index in [0.29, 0.717) is 6.04 Å². The molecule has 1 heteroatoms. The third-order valence-corrected chi connectivity index (χ3v) is 5.50. The minimum Gasteiger partial charge on any atom is -0.383 e. The van der Waals surface area contributed by atoms with E-state index >= 15 is 0 Å². The molecule has 2 aliphatic rings. The summed E-state index contributed by atoms with van der Waals surface area (Å²) in [6, 6.07) is 0.565. The van der Waals surface area contributed by atoms with E-state index in [1.165, 1.54) is 56.1 Å². The van der Waals surface area contributed by atoms with Crippen LogP contribution in [0.15, 0.2) is 47.7 Å². The maximum Gasteiger partial charge on any atom is 0.0295 e. The minimum absolute atomic E-state index is 0.565. The average Bonchev–Trinajstić information content (AvgIpc) is 3.05. The van der Waals surface area contributed by atoms with Crippen LogP contribution in [0.2, 0.25) is 0 Å². The summed E-state index contributed by atoms with van der Waals surface area (Å²) < 4.78 is 0. The van der Waals surface area contributed by atoms with Crippen LogP contribution in [0.25, 0.3) is 0 Å². The number of nitrogens with one attached hydrogen (secondary N) is 1. The van der Waals surface area contributed by atoms with Gasteiger partial charge in [-0.1, -0.05) is 97.8 Å². The molecule has 0 spiro atoms. The molecule has 1 N–H and O–H groups in total. The van der Waals surface area contributed by atoms with Crippen LogP contribution in [0.5, 0.6) is 0 Å². The molecule has 2 rings (SSSR count). The second kappa shape index (κ2) is 24.0. The first-order valence-electron chi connectivity index (χ1n) is 12.9. The Labute approximate surface area is 192 Å². The smallest absolute Gasteiger partial charge is 0.0295 e. The van der Waals surface area contributed by atoms with Gasteiger partial charge in [0, 0.05) is 11.7 Å². The molecule has 0 aromatic rings. The summed E-state index contributed by atoms with van der Waals surface area (Å²) in [5.41, 5.74) is 3.77. The Balaban J connectivity index is -0.000000436. The van der Waals surface area contributed by atoms with Crippen LogP contribution in [-0.2, 0) is 0 Å². The molecular weight excluding hydrogens is 362 g/mol. The molecule has 2 aliphatic carbocycles. The van der Waals surface area contributed by atoms with Gasteiger partial charge in [-0.2, -0.15) is 0 Å². The van der Waals surface area contributed by atoms with E-state index < -0.39 is 0 Å². The van der Waals surface area contributed by atoms with Gasteiger partial charge >= 0.3 is 0 Å². The highest BCUT2D eigenvalue weighted by Crippen LogP contribution is 2.30. The molecule has 30 heavy (non-hydrogen) atoms. The maximum atomic E-state index is 4.10. The molecule has 1 saturated carbocycles. The van der Waals surface area contributed by atoms with E-state index in [9.17, 15) is 0 Å². The van der Waals surface area contributed by atoms with Crippen LogP contribution in [-0.4, -0.2) is 6.04 Å². The van der Waals surface area contributed by atoms with Gasteiger partial charge in [0.25, 0.3) is 0 Å². The molecule has 178 valence electrons. The molecule has 1 fully saturated rings. The van der Waals surface area contributed by atoms with Gasteiger partial charge in [-0.25, -0.2) is 0 Å². The van der Waals surface area contributed by atoms with E-state index in [1.54, 1.807) is 0 Å². The second-order valence-corrected chi connectivity index (χ2v) is 7.68. The third kappa shape index (κ3) is 17.6. The highest BCUT2D eigenvalue weighted by molar-refractivity contribution is 5.24. The van der Waals surface area contributed by atoms with Crippen molar-refractivity contribution >= 4 is 0 Å². The van der Waals surface area contributed by atoms with Crippen LogP contribution in [0.3, 0.4) is 0 Å². The molecule has 0 radical (unpaired) electrons. The quantitative estimate of drug-likeness (QED) is 0.447. The molecule has 1 unspecified atom stereocenters. The Hall–Kier alpha value is -1.24. The summed E-state index contributed by atoms with van der Waals surface area (Å²) in [5, 5.41) is 3.55. The standard InChI is InChI=1S/C15H27N.C8H12.3C2H6/c1-6-12(3)13(4)16-14(5)15-9-7-11(2)8-10-15;1-8-6-4-2-3-5-7-8;3*1-2/h6,11,14-16H,4,7-10H2,1-3,5H3;4,6-7H,2-3,5H2,1H3;3*1-2H3/b12-6+;;;;. The van der Waals surface area contributed by atoms with Crippen molar-refractivity contribution in [2.45, 2.75) is 127 Å². The summed E-state index contributed by atoms with van der Waals surface area (Å²) in [6.07, 6.45) is 18.2. The molecule has 0 heterocycles. The van der Waals surface area contributed by atoms with E-state index in [0.717, 1.165) is 17.5 Å². The minimum atomic E-state index is 0.565. The lowest BCUT2D eigenvalue weighted by molar-refractivity contribution is 0.247. The zero-order valence-corrected chi connectivity index (χ0v) is 22.7. The lowest BCUT2D eigenvalue weighted by Crippen LogP contribution is -2.35. The fourth-order valence-electron chi connectivity index (χ4n) is 3.37. The van der Waals surface area contributed by atoms with Crippen molar-refractivity contribution in [1.82, 2.24) is 5.32 Å². The van der Waals surface area contributed by atoms with Gasteiger partial charge < -0.3 is 5.32 Å². The van der Waals surface area contributed by atoms with Crippen LogP contribution in [0.4, 0.5) is 0 Å². The van der Waals surface area contributed by atoms with Gasteiger partial charge in [0.2, 0.25) is 0 Å². The second-order valence-electron chi connectivity index (χ2n) is 7.68. The SMILES string of the molecule is C=C(NC(C)C1CCC(C)CC1)/C(C)=C/C.CC.CC.CC.CC1=CCCCC=C1. The largest absolute Gasteiger partial charge is 0.383 e. The zero-order valence-electron chi connectivity index (χ0n) is 22.7. The summed E-state index contributed by atoms with van der Waals surface area (Å²) in [4.78, 5) is 0. The summed E-state index contributed by atoms with van der Waals surface area (Å²) in [7, 11) is 0. The molecule has 0 aromatic heterocycles. The Bertz CT molecular complexity index is 459. The molecule has 0 aliphatic heterocycles. The average molecular weight is 420 g/mol. The Kier molecular flexibility index (Phi) is 26.8. The van der Waals surface area contributed by atoms with Crippen molar-refractivity contribution in [3.05, 3.63) is 47.7 Å². The Morgan fingerprint density at radius 2 is 1.57 bits per heavy atom. The number of allylic oxidation sites excluding steroid dienone is 6. The van der Waals surface area contributed by atoms with Crippen molar-refractivity contribution in [3.63, 3.8) is 0 Å². The number of hydrogen-bond acceptors (Lipinski definition) is 1. The fourth-order valence-corrected chi connectivity index (χ4v) is 3.37. The molecule has 0 bridgehead atoms. The first-order chi connectivity index (χ1) is 14.4. The first kappa shape index (κ1) is 33.4. The van der Waals surface area contributed by atoms with Gasteiger partial charge in [-0.15, -0.1) is 0 Å². The zero-order chi connectivity index (χ0) is 23.9. The lowest BCUT2D eigenvalue weighted by atomic mass is 9.79. The third-order valence-electron chi connectivity index (χ3n) is 5.50. The Morgan fingerprint density at radius 1 is 1.03 bits per heavy atom. The summed E-state index contributed by atoms with van der Waals surface area (Å²) in [6.45, 7) is 27.1. The molecule has 1 atom stereocenters. The van der Waals surface area contributed by atoms with E-state index in [-0.39, 0.29) is 0 Å². The van der Waals surface area contributed by atoms with Crippen molar-refractivity contribution in [1.29, 1.82) is 0 Å². The summed E-state index contributed by atoms with van der Waals surface area (Å²) in [5.74, 6) is 1.77. The molecule has 0 saturated heterocycles. The van der Waals surface area contributed by atoms with Gasteiger partial charge in [-0.05, 0) is 77.2 Å². The monoisotopic (exact) mass is 419 g/mol. The van der Waals surface area contributed by atoms with Crippen LogP contribution < -0.4 is 5.32 Å². The summed E-state index contributed by atoms with van der Waals surface area (Å²) >= 11 is 0. The maximum absolute atomic E-state index is 4.10. The molecular formula is C29H57N. The van der Waals surface area contributed by atoms with Gasteiger partial charge in [-0.3, -0.25) is 0 Å². The van der Waals surface area contributed by atoms with Crippen molar-refractivity contribution in [2.75, 3.05) is 0 Å². The topological polar surface area (TPSA) is 12.0 Å². The Morgan fingerprint density at radius 3 is 2.07 bits per heavy atom. The van der Waals surface area contributed by atoms with E-state index in [4.69, 9.17) is 0 Å². The lowest BCUT2D eigenvalue weighted by Gasteiger charge is -2.32. The van der Waals surface area contributed by atoms with Gasteiger partial charge in [0.05, 0.1) is 0 Å². The van der Waals surface area contributed by atoms with E-state index in [2.05, 4.69) is 70.8 Å². The fraction of sp³-hybridized carbons (Fsp3) is 0.724. The highest BCUT2D eigenvalue weighted by Gasteiger charge is 2.23. The number of hydrogen-bond donors (Lipinski definition) is 1. The van der Waals surface area contributed by atoms with Crippen molar-refractivity contribution < 1.29 is 0 Å². The molecule has 1 nitrogen and oxygen atoms in total. The molecule has 0 amide bonds. The van der Waals surface area contributed by atoms with Crippen LogP contribution in [0.1, 0.15) is 121 Å².